The minimum atomic E-state index is -0.675. The lowest BCUT2D eigenvalue weighted by Crippen LogP contribution is -2.22. The minimum Gasteiger partial charge on any atom is -0.493 e. The Labute approximate surface area is 103 Å². The molecule has 0 aliphatic heterocycles. The highest BCUT2D eigenvalue weighted by molar-refractivity contribution is 5.80. The first-order chi connectivity index (χ1) is 8.53. The summed E-state index contributed by atoms with van der Waals surface area (Å²) >= 11 is 0. The van der Waals surface area contributed by atoms with E-state index in [0.29, 0.717) is 13.0 Å². The van der Waals surface area contributed by atoms with Gasteiger partial charge in [-0.3, -0.25) is 0 Å². The molecule has 4 nitrogen and oxygen atoms in total. The van der Waals surface area contributed by atoms with Crippen molar-refractivity contribution in [1.29, 1.82) is 0 Å². The summed E-state index contributed by atoms with van der Waals surface area (Å²) in [5, 5.41) is 11.4. The predicted octanol–water partition coefficient (Wildman–Crippen LogP) is 2.26. The van der Waals surface area contributed by atoms with Gasteiger partial charge in [-0.25, -0.2) is 8.78 Å². The molecular formula is C12H14F2N2O2. The van der Waals surface area contributed by atoms with Crippen LogP contribution in [0.2, 0.25) is 0 Å². The van der Waals surface area contributed by atoms with Crippen molar-refractivity contribution in [2.24, 2.45) is 16.3 Å². The van der Waals surface area contributed by atoms with Crippen molar-refractivity contribution < 1.29 is 18.7 Å². The summed E-state index contributed by atoms with van der Waals surface area (Å²) in [5.41, 5.74) is 5.27. The van der Waals surface area contributed by atoms with Crippen LogP contribution < -0.4 is 10.5 Å². The number of benzene rings is 1. The lowest BCUT2D eigenvalue weighted by Gasteiger charge is -2.15. The molecule has 0 bridgehead atoms. The molecule has 1 aliphatic rings. The van der Waals surface area contributed by atoms with Gasteiger partial charge in [-0.2, -0.15) is 0 Å². The highest BCUT2D eigenvalue weighted by Crippen LogP contribution is 2.49. The van der Waals surface area contributed by atoms with Crippen molar-refractivity contribution in [1.82, 2.24) is 0 Å². The Balaban J connectivity index is 1.95. The van der Waals surface area contributed by atoms with E-state index in [-0.39, 0.29) is 17.0 Å². The zero-order valence-corrected chi connectivity index (χ0v) is 9.70. The first kappa shape index (κ1) is 12.6. The van der Waals surface area contributed by atoms with Crippen LogP contribution in [0.5, 0.6) is 5.75 Å². The number of rotatable bonds is 5. The van der Waals surface area contributed by atoms with Crippen LogP contribution >= 0.6 is 0 Å². The lowest BCUT2D eigenvalue weighted by molar-refractivity contribution is 0.234. The van der Waals surface area contributed by atoms with Gasteiger partial charge in [0.15, 0.2) is 0 Å². The molecule has 1 fully saturated rings. The largest absolute Gasteiger partial charge is 0.493 e. The normalized spacial score (nSPS) is 17.6. The van der Waals surface area contributed by atoms with Gasteiger partial charge in [0.25, 0.3) is 0 Å². The smallest absolute Gasteiger partial charge is 0.139 e. The van der Waals surface area contributed by atoms with Crippen LogP contribution in [-0.4, -0.2) is 17.6 Å². The Hall–Kier alpha value is -1.85. The molecular weight excluding hydrogens is 242 g/mol. The Bertz CT molecular complexity index is 453. The van der Waals surface area contributed by atoms with Gasteiger partial charge in [0.05, 0.1) is 6.61 Å². The summed E-state index contributed by atoms with van der Waals surface area (Å²) in [4.78, 5) is 0. The summed E-state index contributed by atoms with van der Waals surface area (Å²) in [5.74, 6) is -1.06. The fourth-order valence-electron chi connectivity index (χ4n) is 1.82. The van der Waals surface area contributed by atoms with E-state index in [9.17, 15) is 8.78 Å². The second-order valence-electron chi connectivity index (χ2n) is 4.66. The van der Waals surface area contributed by atoms with E-state index in [0.717, 1.165) is 31.0 Å². The third-order valence-electron chi connectivity index (χ3n) is 3.02. The van der Waals surface area contributed by atoms with E-state index in [4.69, 9.17) is 15.7 Å². The summed E-state index contributed by atoms with van der Waals surface area (Å²) in [6.45, 7) is 0.298. The monoisotopic (exact) mass is 256 g/mol. The summed E-state index contributed by atoms with van der Waals surface area (Å²) in [7, 11) is 0. The molecule has 1 aromatic rings. The van der Waals surface area contributed by atoms with Crippen molar-refractivity contribution in [3.63, 3.8) is 0 Å². The standard InChI is InChI=1S/C12H14F2N2O2/c13-8-3-9(14)5-10(4-8)18-7-12(1-2-12)6-11(15)16-17/h3-5,17H,1-2,6-7H2,(H2,15,16). The molecule has 0 unspecified atom stereocenters. The van der Waals surface area contributed by atoms with Gasteiger partial charge in [0.2, 0.25) is 0 Å². The first-order valence-electron chi connectivity index (χ1n) is 5.58. The Morgan fingerprint density at radius 1 is 1.33 bits per heavy atom. The van der Waals surface area contributed by atoms with Crippen LogP contribution in [0.15, 0.2) is 23.4 Å². The van der Waals surface area contributed by atoms with Crippen molar-refractivity contribution in [3.8, 4) is 5.75 Å². The molecule has 6 heteroatoms. The second-order valence-corrected chi connectivity index (χ2v) is 4.66. The number of ether oxygens (including phenoxy) is 1. The van der Waals surface area contributed by atoms with E-state index < -0.39 is 11.6 Å². The summed E-state index contributed by atoms with van der Waals surface area (Å²) in [6.07, 6.45) is 2.20. The maximum absolute atomic E-state index is 12.9. The molecule has 0 spiro atoms. The summed E-state index contributed by atoms with van der Waals surface area (Å²) in [6, 6.07) is 3.04. The number of oxime groups is 1. The molecule has 0 radical (unpaired) electrons. The molecule has 1 aromatic carbocycles. The quantitative estimate of drug-likeness (QED) is 0.367. The molecule has 0 saturated heterocycles. The maximum Gasteiger partial charge on any atom is 0.139 e. The van der Waals surface area contributed by atoms with E-state index in [2.05, 4.69) is 5.16 Å². The van der Waals surface area contributed by atoms with E-state index in [1.54, 1.807) is 0 Å². The highest BCUT2D eigenvalue weighted by atomic mass is 19.1. The summed E-state index contributed by atoms with van der Waals surface area (Å²) < 4.78 is 31.2. The molecule has 98 valence electrons. The van der Waals surface area contributed by atoms with Crippen LogP contribution in [0.1, 0.15) is 19.3 Å². The van der Waals surface area contributed by atoms with Crippen molar-refractivity contribution >= 4 is 5.84 Å². The van der Waals surface area contributed by atoms with E-state index in [1.165, 1.54) is 0 Å². The van der Waals surface area contributed by atoms with E-state index >= 15 is 0 Å². The van der Waals surface area contributed by atoms with Crippen molar-refractivity contribution in [3.05, 3.63) is 29.8 Å². The molecule has 1 saturated carbocycles. The third kappa shape index (κ3) is 3.09. The number of halogens is 2. The topological polar surface area (TPSA) is 67.8 Å². The van der Waals surface area contributed by atoms with Gasteiger partial charge >= 0.3 is 0 Å². The molecule has 0 atom stereocenters. The average molecular weight is 256 g/mol. The fourth-order valence-corrected chi connectivity index (χ4v) is 1.82. The number of hydrogen-bond donors (Lipinski definition) is 2. The van der Waals surface area contributed by atoms with E-state index in [1.807, 2.05) is 0 Å². The number of nitrogens with zero attached hydrogens (tertiary/aromatic N) is 1. The molecule has 0 heterocycles. The van der Waals surface area contributed by atoms with Crippen molar-refractivity contribution in [2.75, 3.05) is 6.61 Å². The molecule has 0 amide bonds. The number of hydrogen-bond acceptors (Lipinski definition) is 3. The van der Waals surface area contributed by atoms with Crippen LogP contribution in [-0.2, 0) is 0 Å². The number of nitrogens with two attached hydrogens (primary N) is 1. The van der Waals surface area contributed by atoms with Crippen molar-refractivity contribution in [2.45, 2.75) is 19.3 Å². The Morgan fingerprint density at radius 2 is 1.94 bits per heavy atom. The zero-order chi connectivity index (χ0) is 13.2. The maximum atomic E-state index is 12.9. The zero-order valence-electron chi connectivity index (χ0n) is 9.70. The van der Waals surface area contributed by atoms with Gasteiger partial charge in [-0.15, -0.1) is 0 Å². The molecule has 0 aromatic heterocycles. The molecule has 1 aliphatic carbocycles. The lowest BCUT2D eigenvalue weighted by atomic mass is 10.0. The highest BCUT2D eigenvalue weighted by Gasteiger charge is 2.44. The van der Waals surface area contributed by atoms with Gasteiger partial charge in [0.1, 0.15) is 23.2 Å². The second kappa shape index (κ2) is 4.80. The molecule has 3 N–H and O–H groups in total. The van der Waals surface area contributed by atoms with Gasteiger partial charge in [-0.1, -0.05) is 5.16 Å². The Kier molecular flexibility index (Phi) is 3.36. The fraction of sp³-hybridized carbons (Fsp3) is 0.417. The van der Waals surface area contributed by atoms with Crippen LogP contribution in [0.4, 0.5) is 8.78 Å². The van der Waals surface area contributed by atoms with Gasteiger partial charge < -0.3 is 15.7 Å². The van der Waals surface area contributed by atoms with Crippen LogP contribution in [0, 0.1) is 17.0 Å². The average Bonchev–Trinajstić information content (AvgIpc) is 3.05. The first-order valence-corrected chi connectivity index (χ1v) is 5.58. The minimum absolute atomic E-state index is 0.140. The number of amidine groups is 1. The van der Waals surface area contributed by atoms with Gasteiger partial charge in [0, 0.05) is 30.0 Å². The van der Waals surface area contributed by atoms with Gasteiger partial charge in [-0.05, 0) is 12.8 Å². The third-order valence-corrected chi connectivity index (χ3v) is 3.02. The molecule has 18 heavy (non-hydrogen) atoms. The Morgan fingerprint density at radius 3 is 2.44 bits per heavy atom. The SMILES string of the molecule is NC(CC1(COc2cc(F)cc(F)c2)CC1)=NO. The van der Waals surface area contributed by atoms with Crippen LogP contribution in [0.25, 0.3) is 0 Å². The molecule has 2 rings (SSSR count). The predicted molar refractivity (Wildman–Crippen MR) is 61.5 cm³/mol. The van der Waals surface area contributed by atoms with Crippen LogP contribution in [0.3, 0.4) is 0 Å².